The van der Waals surface area contributed by atoms with Gasteiger partial charge in [0, 0.05) is 11.8 Å². The fraction of sp³-hybridized carbons (Fsp3) is 0.154. The monoisotopic (exact) mass is 322 g/mol. The van der Waals surface area contributed by atoms with Gasteiger partial charge in [-0.1, -0.05) is 23.1 Å². The fourth-order valence-corrected chi connectivity index (χ4v) is 3.81. The molecule has 0 saturated carbocycles. The first-order chi connectivity index (χ1) is 10.0. The molecule has 108 valence electrons. The predicted molar refractivity (Wildman–Crippen MR) is 79.8 cm³/mol. The van der Waals surface area contributed by atoms with Gasteiger partial charge in [0.2, 0.25) is 11.8 Å². The predicted octanol–water partition coefficient (Wildman–Crippen LogP) is 1.57. The molecular weight excluding hydrogens is 312 g/mol. The third-order valence-corrected chi connectivity index (χ3v) is 4.93. The topological polar surface area (TPSA) is 90.5 Å². The van der Waals surface area contributed by atoms with E-state index in [2.05, 4.69) is 4.98 Å². The first-order valence-corrected chi connectivity index (χ1v) is 7.81. The van der Waals surface area contributed by atoms with Crippen LogP contribution in [0.15, 0.2) is 39.5 Å². The molecule has 1 aliphatic rings. The van der Waals surface area contributed by atoms with Crippen LogP contribution in [-0.4, -0.2) is 27.2 Å². The molecule has 1 aliphatic heterocycles. The number of hydrogen-bond donors (Lipinski definition) is 2. The molecule has 3 rings (SSSR count). The van der Waals surface area contributed by atoms with Crippen LogP contribution in [0.1, 0.15) is 6.42 Å². The van der Waals surface area contributed by atoms with E-state index in [1.165, 1.54) is 36.0 Å². The number of amides is 2. The van der Waals surface area contributed by atoms with Crippen molar-refractivity contribution in [3.8, 4) is 5.75 Å². The molecule has 1 aromatic carbocycles. The first kappa shape index (κ1) is 13.9. The van der Waals surface area contributed by atoms with Gasteiger partial charge in [-0.25, -0.2) is 4.90 Å². The lowest BCUT2D eigenvalue weighted by Crippen LogP contribution is -2.31. The average Bonchev–Trinajstić information content (AvgIpc) is 2.96. The molecule has 0 bridgehead atoms. The minimum absolute atomic E-state index is 0.0691. The molecule has 6 nitrogen and oxygen atoms in total. The maximum atomic E-state index is 12.3. The minimum Gasteiger partial charge on any atom is -0.508 e. The van der Waals surface area contributed by atoms with Gasteiger partial charge in [0.1, 0.15) is 5.75 Å². The number of phenolic OH excluding ortho intramolecular Hbond substituents is 1. The third-order valence-electron chi connectivity index (χ3n) is 2.98. The number of carbonyl (C=O) groups is 2. The number of anilines is 1. The Bertz CT molecular complexity index is 750. The van der Waals surface area contributed by atoms with Crippen molar-refractivity contribution in [1.29, 1.82) is 0 Å². The van der Waals surface area contributed by atoms with Crippen molar-refractivity contribution in [2.75, 3.05) is 4.90 Å². The normalized spacial score (nSPS) is 18.5. The third kappa shape index (κ3) is 2.72. The lowest BCUT2D eigenvalue weighted by molar-refractivity contribution is -0.121. The molecule has 1 saturated heterocycles. The molecular formula is C13H10N2O4S2. The van der Waals surface area contributed by atoms with Crippen LogP contribution in [0, 0.1) is 0 Å². The first-order valence-electron chi connectivity index (χ1n) is 6.05. The highest BCUT2D eigenvalue weighted by molar-refractivity contribution is 8.00. The minimum atomic E-state index is -0.545. The second kappa shape index (κ2) is 5.38. The highest BCUT2D eigenvalue weighted by Crippen LogP contribution is 2.33. The average molecular weight is 322 g/mol. The van der Waals surface area contributed by atoms with Gasteiger partial charge in [0.15, 0.2) is 0 Å². The second-order valence-corrected chi connectivity index (χ2v) is 6.49. The summed E-state index contributed by atoms with van der Waals surface area (Å²) in [6, 6.07) is 5.88. The Hall–Kier alpha value is -2.06. The lowest BCUT2D eigenvalue weighted by atomic mass is 10.3. The number of H-pyrrole nitrogens is 1. The molecule has 1 unspecified atom stereocenters. The second-order valence-electron chi connectivity index (χ2n) is 4.41. The number of imide groups is 1. The molecule has 2 N–H and O–H groups in total. The van der Waals surface area contributed by atoms with Crippen molar-refractivity contribution in [2.45, 2.75) is 16.7 Å². The van der Waals surface area contributed by atoms with E-state index in [4.69, 9.17) is 0 Å². The Labute approximate surface area is 127 Å². The molecule has 2 amide bonds. The molecule has 0 aliphatic carbocycles. The Kier molecular flexibility index (Phi) is 3.56. The van der Waals surface area contributed by atoms with Gasteiger partial charge in [-0.05, 0) is 24.3 Å². The fourth-order valence-electron chi connectivity index (χ4n) is 2.05. The van der Waals surface area contributed by atoms with Gasteiger partial charge >= 0.3 is 4.87 Å². The number of aromatic hydroxyl groups is 1. The number of aromatic amines is 1. The SMILES string of the molecule is O=C1CC(Sc2csc(=O)[nH]2)C(=O)N1c1ccc(O)cc1. The van der Waals surface area contributed by atoms with Crippen LogP contribution in [0.2, 0.25) is 0 Å². The number of carbonyl (C=O) groups excluding carboxylic acids is 2. The zero-order valence-corrected chi connectivity index (χ0v) is 12.2. The molecule has 1 aromatic heterocycles. The van der Waals surface area contributed by atoms with E-state index in [1.807, 2.05) is 0 Å². The molecule has 21 heavy (non-hydrogen) atoms. The number of phenols is 1. The van der Waals surface area contributed by atoms with E-state index >= 15 is 0 Å². The summed E-state index contributed by atoms with van der Waals surface area (Å²) in [6.45, 7) is 0. The number of nitrogens with one attached hydrogen (secondary N) is 1. The van der Waals surface area contributed by atoms with Gasteiger partial charge in [-0.2, -0.15) is 0 Å². The maximum Gasteiger partial charge on any atom is 0.305 e. The molecule has 8 heteroatoms. The van der Waals surface area contributed by atoms with Crippen molar-refractivity contribution in [2.24, 2.45) is 0 Å². The van der Waals surface area contributed by atoms with Gasteiger partial charge in [0.25, 0.3) is 0 Å². The molecule has 2 heterocycles. The van der Waals surface area contributed by atoms with E-state index in [-0.39, 0.29) is 28.9 Å². The number of rotatable bonds is 3. The quantitative estimate of drug-likeness (QED) is 0.837. The van der Waals surface area contributed by atoms with Gasteiger partial charge < -0.3 is 10.1 Å². The van der Waals surface area contributed by atoms with Crippen LogP contribution in [-0.2, 0) is 9.59 Å². The van der Waals surface area contributed by atoms with Crippen molar-refractivity contribution < 1.29 is 14.7 Å². The van der Waals surface area contributed by atoms with Crippen LogP contribution in [0.5, 0.6) is 5.75 Å². The van der Waals surface area contributed by atoms with Crippen molar-refractivity contribution >= 4 is 40.6 Å². The van der Waals surface area contributed by atoms with Crippen LogP contribution in [0.4, 0.5) is 5.69 Å². The maximum absolute atomic E-state index is 12.3. The highest BCUT2D eigenvalue weighted by Gasteiger charge is 2.40. The Balaban J connectivity index is 1.81. The van der Waals surface area contributed by atoms with Crippen molar-refractivity contribution in [1.82, 2.24) is 4.98 Å². The molecule has 1 fully saturated rings. The van der Waals surface area contributed by atoms with E-state index in [1.54, 1.807) is 5.38 Å². The Morgan fingerprint density at radius 1 is 1.24 bits per heavy atom. The molecule has 1 atom stereocenters. The van der Waals surface area contributed by atoms with E-state index in [9.17, 15) is 19.5 Å². The summed E-state index contributed by atoms with van der Waals surface area (Å²) < 4.78 is 0. The number of hydrogen-bond acceptors (Lipinski definition) is 6. The van der Waals surface area contributed by atoms with E-state index < -0.39 is 5.25 Å². The summed E-state index contributed by atoms with van der Waals surface area (Å²) >= 11 is 2.20. The number of aromatic nitrogens is 1. The van der Waals surface area contributed by atoms with Crippen LogP contribution < -0.4 is 9.77 Å². The van der Waals surface area contributed by atoms with Gasteiger partial charge in [-0.3, -0.25) is 14.4 Å². The van der Waals surface area contributed by atoms with Crippen LogP contribution >= 0.6 is 23.1 Å². The molecule has 2 aromatic rings. The van der Waals surface area contributed by atoms with Gasteiger partial charge in [0.05, 0.1) is 16.0 Å². The smallest absolute Gasteiger partial charge is 0.305 e. The van der Waals surface area contributed by atoms with Crippen LogP contribution in [0.3, 0.4) is 0 Å². The van der Waals surface area contributed by atoms with Crippen molar-refractivity contribution in [3.05, 3.63) is 39.3 Å². The summed E-state index contributed by atoms with van der Waals surface area (Å²) in [5.74, 6) is -0.539. The summed E-state index contributed by atoms with van der Waals surface area (Å²) in [5.41, 5.74) is 0.435. The number of thiazole rings is 1. The lowest BCUT2D eigenvalue weighted by Gasteiger charge is -2.14. The molecule has 0 spiro atoms. The summed E-state index contributed by atoms with van der Waals surface area (Å²) in [5, 5.41) is 10.9. The largest absolute Gasteiger partial charge is 0.508 e. The standard InChI is InChI=1S/C13H10N2O4S2/c16-8-3-1-7(2-4-8)15-11(17)5-9(12(15)18)21-10-6-20-13(19)14-10/h1-4,6,9,16H,5H2,(H,14,19). The zero-order valence-electron chi connectivity index (χ0n) is 10.6. The summed E-state index contributed by atoms with van der Waals surface area (Å²) in [6.07, 6.45) is 0.0856. The van der Waals surface area contributed by atoms with Crippen molar-refractivity contribution in [3.63, 3.8) is 0 Å². The van der Waals surface area contributed by atoms with Gasteiger partial charge in [-0.15, -0.1) is 0 Å². The van der Waals surface area contributed by atoms with E-state index in [0.29, 0.717) is 10.7 Å². The summed E-state index contributed by atoms with van der Waals surface area (Å²) in [4.78, 5) is 39.0. The number of thioether (sulfide) groups is 1. The number of benzene rings is 1. The highest BCUT2D eigenvalue weighted by atomic mass is 32.2. The van der Waals surface area contributed by atoms with E-state index in [0.717, 1.165) is 16.2 Å². The Morgan fingerprint density at radius 3 is 2.57 bits per heavy atom. The zero-order chi connectivity index (χ0) is 15.0. The Morgan fingerprint density at radius 2 is 1.95 bits per heavy atom. The van der Waals surface area contributed by atoms with Crippen LogP contribution in [0.25, 0.3) is 0 Å². The number of nitrogens with zero attached hydrogens (tertiary/aromatic N) is 1. The molecule has 0 radical (unpaired) electrons. The summed E-state index contributed by atoms with van der Waals surface area (Å²) in [7, 11) is 0.